The van der Waals surface area contributed by atoms with E-state index in [4.69, 9.17) is 0 Å². The summed E-state index contributed by atoms with van der Waals surface area (Å²) in [6, 6.07) is 6.75. The Bertz CT molecular complexity index is 515. The van der Waals surface area contributed by atoms with Crippen LogP contribution >= 0.6 is 0 Å². The molecule has 1 saturated heterocycles. The Morgan fingerprint density at radius 3 is 2.80 bits per heavy atom. The Balaban J connectivity index is 1.90. The molecule has 1 amide bonds. The first kappa shape index (κ1) is 13.6. The average Bonchev–Trinajstić information content (AvgIpc) is 3.21. The zero-order valence-corrected chi connectivity index (χ0v) is 12.0. The van der Waals surface area contributed by atoms with Gasteiger partial charge in [0.05, 0.1) is 6.04 Å². The maximum Gasteiger partial charge on any atom is 0.241 e. The van der Waals surface area contributed by atoms with E-state index in [0.717, 1.165) is 24.8 Å². The van der Waals surface area contributed by atoms with Gasteiger partial charge in [-0.05, 0) is 36.5 Å². The molecule has 3 atom stereocenters. The van der Waals surface area contributed by atoms with Crippen molar-refractivity contribution in [1.29, 1.82) is 0 Å². The number of nitrogens with one attached hydrogen (secondary N) is 1. The van der Waals surface area contributed by atoms with Crippen LogP contribution in [0.15, 0.2) is 24.3 Å². The number of hydrogen-bond acceptors (Lipinski definition) is 2. The van der Waals surface area contributed by atoms with Crippen LogP contribution in [0.1, 0.15) is 44.8 Å². The molecular formula is C16H21FN2O. The molecule has 3 unspecified atom stereocenters. The first-order valence-electron chi connectivity index (χ1n) is 7.45. The van der Waals surface area contributed by atoms with Gasteiger partial charge < -0.3 is 4.90 Å². The predicted molar refractivity (Wildman–Crippen MR) is 75.4 cm³/mol. The van der Waals surface area contributed by atoms with Gasteiger partial charge in [0.25, 0.3) is 0 Å². The number of halogens is 1. The first-order valence-corrected chi connectivity index (χ1v) is 7.45. The highest BCUT2D eigenvalue weighted by molar-refractivity contribution is 5.85. The molecule has 2 aliphatic rings. The standard InChI is InChI=1S/C16H21FN2O/c1-3-10(2)14-16(20)19(13-7-8-13)15(18-14)11-5-4-6-12(17)9-11/h4-6,9-10,13-15,18H,3,7-8H2,1-2H3. The van der Waals surface area contributed by atoms with Gasteiger partial charge >= 0.3 is 0 Å². The Hall–Kier alpha value is -1.42. The summed E-state index contributed by atoms with van der Waals surface area (Å²) < 4.78 is 13.5. The first-order chi connectivity index (χ1) is 9.61. The zero-order valence-electron chi connectivity index (χ0n) is 12.0. The number of hydrogen-bond donors (Lipinski definition) is 1. The van der Waals surface area contributed by atoms with E-state index in [-0.39, 0.29) is 23.9 Å². The SMILES string of the molecule is CCC(C)C1NC(c2cccc(F)c2)N(C2CC2)C1=O. The Labute approximate surface area is 119 Å². The van der Waals surface area contributed by atoms with Gasteiger partial charge in [-0.2, -0.15) is 0 Å². The van der Waals surface area contributed by atoms with E-state index in [1.807, 2.05) is 11.0 Å². The maximum atomic E-state index is 13.5. The zero-order chi connectivity index (χ0) is 14.3. The van der Waals surface area contributed by atoms with E-state index in [1.165, 1.54) is 12.1 Å². The second-order valence-corrected chi connectivity index (χ2v) is 5.96. The third-order valence-corrected chi connectivity index (χ3v) is 4.45. The summed E-state index contributed by atoms with van der Waals surface area (Å²) in [5.74, 6) is 0.220. The fourth-order valence-corrected chi connectivity index (χ4v) is 2.93. The van der Waals surface area contributed by atoms with Crippen molar-refractivity contribution in [3.8, 4) is 0 Å². The van der Waals surface area contributed by atoms with Crippen LogP contribution < -0.4 is 5.32 Å². The van der Waals surface area contributed by atoms with Crippen molar-refractivity contribution >= 4 is 5.91 Å². The average molecular weight is 276 g/mol. The maximum absolute atomic E-state index is 13.5. The van der Waals surface area contributed by atoms with Crippen molar-refractivity contribution < 1.29 is 9.18 Å². The molecule has 2 fully saturated rings. The fraction of sp³-hybridized carbons (Fsp3) is 0.562. The van der Waals surface area contributed by atoms with Gasteiger partial charge in [-0.3, -0.25) is 10.1 Å². The van der Waals surface area contributed by atoms with Crippen LogP contribution in [0.5, 0.6) is 0 Å². The van der Waals surface area contributed by atoms with Crippen molar-refractivity contribution in [2.24, 2.45) is 5.92 Å². The summed E-state index contributed by atoms with van der Waals surface area (Å²) in [6.07, 6.45) is 2.90. The van der Waals surface area contributed by atoms with E-state index < -0.39 is 0 Å². The second kappa shape index (κ2) is 5.17. The molecule has 4 heteroatoms. The third kappa shape index (κ3) is 2.33. The van der Waals surface area contributed by atoms with E-state index in [1.54, 1.807) is 6.07 Å². The van der Waals surface area contributed by atoms with Crippen molar-refractivity contribution in [2.45, 2.75) is 51.4 Å². The van der Waals surface area contributed by atoms with Crippen molar-refractivity contribution in [2.75, 3.05) is 0 Å². The lowest BCUT2D eigenvalue weighted by atomic mass is 9.99. The van der Waals surface area contributed by atoms with Crippen LogP contribution in [0.2, 0.25) is 0 Å². The lowest BCUT2D eigenvalue weighted by Crippen LogP contribution is -2.36. The molecule has 1 aromatic rings. The molecule has 0 spiro atoms. The largest absolute Gasteiger partial charge is 0.319 e. The highest BCUT2D eigenvalue weighted by Crippen LogP contribution is 2.38. The monoisotopic (exact) mass is 276 g/mol. The number of rotatable bonds is 4. The molecule has 0 aromatic heterocycles. The number of carbonyl (C=O) groups excluding carboxylic acids is 1. The van der Waals surface area contributed by atoms with Crippen molar-refractivity contribution in [3.05, 3.63) is 35.6 Å². The molecule has 20 heavy (non-hydrogen) atoms. The minimum absolute atomic E-state index is 0.145. The van der Waals surface area contributed by atoms with Gasteiger partial charge in [0.15, 0.2) is 0 Å². The van der Waals surface area contributed by atoms with Crippen LogP contribution in [0.3, 0.4) is 0 Å². The predicted octanol–water partition coefficient (Wildman–Crippen LogP) is 2.83. The summed E-state index contributed by atoms with van der Waals surface area (Å²) >= 11 is 0. The van der Waals surface area contributed by atoms with E-state index in [2.05, 4.69) is 19.2 Å². The fourth-order valence-electron chi connectivity index (χ4n) is 2.93. The Morgan fingerprint density at radius 2 is 2.20 bits per heavy atom. The molecule has 3 rings (SSSR count). The quantitative estimate of drug-likeness (QED) is 0.917. The molecule has 0 radical (unpaired) electrons. The van der Waals surface area contributed by atoms with Crippen LogP contribution in [0.25, 0.3) is 0 Å². The summed E-state index contributed by atoms with van der Waals surface area (Å²) in [5.41, 5.74) is 0.844. The number of carbonyl (C=O) groups is 1. The molecule has 1 aliphatic carbocycles. The highest BCUT2D eigenvalue weighted by Gasteiger charge is 2.47. The molecule has 3 nitrogen and oxygen atoms in total. The van der Waals surface area contributed by atoms with Crippen molar-refractivity contribution in [3.63, 3.8) is 0 Å². The summed E-state index contributed by atoms with van der Waals surface area (Å²) in [4.78, 5) is 14.6. The second-order valence-electron chi connectivity index (χ2n) is 5.96. The minimum atomic E-state index is -0.250. The van der Waals surface area contributed by atoms with E-state index >= 15 is 0 Å². The number of benzene rings is 1. The Kier molecular flexibility index (Phi) is 3.50. The lowest BCUT2D eigenvalue weighted by molar-refractivity contribution is -0.131. The van der Waals surface area contributed by atoms with Gasteiger partial charge in [-0.15, -0.1) is 0 Å². The summed E-state index contributed by atoms with van der Waals surface area (Å²) in [6.45, 7) is 4.19. The van der Waals surface area contributed by atoms with Gasteiger partial charge in [-0.1, -0.05) is 32.4 Å². The summed E-state index contributed by atoms with van der Waals surface area (Å²) in [5, 5.41) is 3.42. The molecule has 1 N–H and O–H groups in total. The van der Waals surface area contributed by atoms with E-state index in [0.29, 0.717) is 12.0 Å². The van der Waals surface area contributed by atoms with Crippen LogP contribution in [-0.2, 0) is 4.79 Å². The van der Waals surface area contributed by atoms with Crippen LogP contribution in [-0.4, -0.2) is 22.9 Å². The normalized spacial score (nSPS) is 27.9. The van der Waals surface area contributed by atoms with Gasteiger partial charge in [0.2, 0.25) is 5.91 Å². The van der Waals surface area contributed by atoms with Crippen LogP contribution in [0, 0.1) is 11.7 Å². The lowest BCUT2D eigenvalue weighted by Gasteiger charge is -2.24. The smallest absolute Gasteiger partial charge is 0.241 e. The summed E-state index contributed by atoms with van der Waals surface area (Å²) in [7, 11) is 0. The molecule has 0 bridgehead atoms. The molecular weight excluding hydrogens is 255 g/mol. The molecule has 1 aromatic carbocycles. The highest BCUT2D eigenvalue weighted by atomic mass is 19.1. The van der Waals surface area contributed by atoms with Crippen molar-refractivity contribution in [1.82, 2.24) is 10.2 Å². The molecule has 1 saturated carbocycles. The molecule has 1 heterocycles. The van der Waals surface area contributed by atoms with E-state index in [9.17, 15) is 9.18 Å². The topological polar surface area (TPSA) is 32.3 Å². The minimum Gasteiger partial charge on any atom is -0.319 e. The third-order valence-electron chi connectivity index (χ3n) is 4.45. The number of nitrogens with zero attached hydrogens (tertiary/aromatic N) is 1. The number of amides is 1. The van der Waals surface area contributed by atoms with Crippen LogP contribution in [0.4, 0.5) is 4.39 Å². The van der Waals surface area contributed by atoms with Gasteiger partial charge in [-0.25, -0.2) is 4.39 Å². The Morgan fingerprint density at radius 1 is 1.45 bits per heavy atom. The molecule has 108 valence electrons. The van der Waals surface area contributed by atoms with Gasteiger partial charge in [0.1, 0.15) is 12.0 Å². The molecule has 1 aliphatic heterocycles. The van der Waals surface area contributed by atoms with Gasteiger partial charge in [0, 0.05) is 6.04 Å².